The van der Waals surface area contributed by atoms with Crippen molar-refractivity contribution in [2.75, 3.05) is 14.2 Å². The van der Waals surface area contributed by atoms with Gasteiger partial charge < -0.3 is 15.2 Å². The van der Waals surface area contributed by atoms with Crippen LogP contribution in [0, 0.1) is 0 Å². The van der Waals surface area contributed by atoms with E-state index in [1.54, 1.807) is 14.2 Å². The minimum Gasteiger partial charge on any atom is -0.493 e. The molecule has 15 heavy (non-hydrogen) atoms. The highest BCUT2D eigenvalue weighted by Crippen LogP contribution is 2.36. The monoisotopic (exact) mass is 207 g/mol. The molecule has 1 aromatic carbocycles. The molecule has 0 fully saturated rings. The quantitative estimate of drug-likeness (QED) is 0.807. The first-order valence-corrected chi connectivity index (χ1v) is 5.26. The average Bonchev–Trinajstić information content (AvgIpc) is 2.28. The molecule has 3 nitrogen and oxygen atoms in total. The smallest absolute Gasteiger partial charge is 0.161 e. The number of aryl methyl sites for hydroxylation is 1. The zero-order chi connectivity index (χ0) is 10.8. The summed E-state index contributed by atoms with van der Waals surface area (Å²) in [5.74, 6) is 1.57. The Labute approximate surface area is 90.2 Å². The topological polar surface area (TPSA) is 44.5 Å². The molecule has 82 valence electrons. The molecule has 0 saturated heterocycles. The molecule has 1 atom stereocenters. The molecule has 0 aliphatic heterocycles. The maximum atomic E-state index is 6.07. The first-order chi connectivity index (χ1) is 7.26. The maximum absolute atomic E-state index is 6.07. The zero-order valence-corrected chi connectivity index (χ0v) is 9.25. The van der Waals surface area contributed by atoms with Crippen LogP contribution < -0.4 is 15.2 Å². The van der Waals surface area contributed by atoms with E-state index in [1.165, 1.54) is 11.1 Å². The maximum Gasteiger partial charge on any atom is 0.161 e. The number of hydrogen-bond donors (Lipinski definition) is 1. The fourth-order valence-corrected chi connectivity index (χ4v) is 2.17. The molecule has 0 radical (unpaired) electrons. The molecular weight excluding hydrogens is 190 g/mol. The van der Waals surface area contributed by atoms with Crippen LogP contribution in [0.3, 0.4) is 0 Å². The predicted octanol–water partition coefficient (Wildman–Crippen LogP) is 2.04. The number of rotatable bonds is 2. The molecule has 1 aliphatic carbocycles. The van der Waals surface area contributed by atoms with Gasteiger partial charge in [-0.1, -0.05) is 0 Å². The van der Waals surface area contributed by atoms with E-state index in [0.717, 1.165) is 30.8 Å². The van der Waals surface area contributed by atoms with Crippen LogP contribution in [0.1, 0.15) is 30.0 Å². The summed E-state index contributed by atoms with van der Waals surface area (Å²) < 4.78 is 10.5. The highest BCUT2D eigenvalue weighted by atomic mass is 16.5. The Bertz CT molecular complexity index is 363. The van der Waals surface area contributed by atoms with Gasteiger partial charge >= 0.3 is 0 Å². The lowest BCUT2D eigenvalue weighted by atomic mass is 9.88. The highest BCUT2D eigenvalue weighted by Gasteiger charge is 2.19. The van der Waals surface area contributed by atoms with Crippen LogP contribution in [0.2, 0.25) is 0 Å². The van der Waals surface area contributed by atoms with Gasteiger partial charge in [-0.25, -0.2) is 0 Å². The van der Waals surface area contributed by atoms with Gasteiger partial charge in [0.25, 0.3) is 0 Å². The lowest BCUT2D eigenvalue weighted by Gasteiger charge is -2.23. The molecule has 1 unspecified atom stereocenters. The molecule has 1 aromatic rings. The molecule has 0 aromatic heterocycles. The van der Waals surface area contributed by atoms with Crippen LogP contribution in [0.4, 0.5) is 0 Å². The Morgan fingerprint density at radius 1 is 1.20 bits per heavy atom. The van der Waals surface area contributed by atoms with Gasteiger partial charge in [-0.3, -0.25) is 0 Å². The van der Waals surface area contributed by atoms with E-state index in [9.17, 15) is 0 Å². The van der Waals surface area contributed by atoms with Crippen molar-refractivity contribution in [1.82, 2.24) is 0 Å². The molecule has 3 heteroatoms. The normalized spacial score (nSPS) is 19.5. The summed E-state index contributed by atoms with van der Waals surface area (Å²) >= 11 is 0. The van der Waals surface area contributed by atoms with Crippen molar-refractivity contribution in [3.63, 3.8) is 0 Å². The number of benzene rings is 1. The highest BCUT2D eigenvalue weighted by molar-refractivity contribution is 5.49. The average molecular weight is 207 g/mol. The third kappa shape index (κ3) is 1.79. The Kier molecular flexibility index (Phi) is 2.82. The third-order valence-corrected chi connectivity index (χ3v) is 3.01. The molecule has 0 saturated carbocycles. The second kappa shape index (κ2) is 4.11. The first-order valence-electron chi connectivity index (χ1n) is 5.26. The number of hydrogen-bond acceptors (Lipinski definition) is 3. The van der Waals surface area contributed by atoms with E-state index in [0.29, 0.717) is 0 Å². The van der Waals surface area contributed by atoms with Crippen molar-refractivity contribution in [1.29, 1.82) is 0 Å². The molecule has 2 rings (SSSR count). The summed E-state index contributed by atoms with van der Waals surface area (Å²) in [6, 6.07) is 4.21. The van der Waals surface area contributed by atoms with Crippen molar-refractivity contribution in [2.24, 2.45) is 5.73 Å². The van der Waals surface area contributed by atoms with Gasteiger partial charge in [0.1, 0.15) is 0 Å². The summed E-state index contributed by atoms with van der Waals surface area (Å²) in [7, 11) is 3.31. The summed E-state index contributed by atoms with van der Waals surface area (Å²) in [4.78, 5) is 0. The minimum absolute atomic E-state index is 0.147. The molecular formula is C12H17NO2. The van der Waals surface area contributed by atoms with Crippen LogP contribution in [-0.4, -0.2) is 14.2 Å². The first kappa shape index (κ1) is 10.3. The second-order valence-corrected chi connectivity index (χ2v) is 3.90. The van der Waals surface area contributed by atoms with Crippen LogP contribution in [0.25, 0.3) is 0 Å². The number of ether oxygens (including phenoxy) is 2. The summed E-state index contributed by atoms with van der Waals surface area (Å²) in [5, 5.41) is 0. The van der Waals surface area contributed by atoms with Gasteiger partial charge in [-0.2, -0.15) is 0 Å². The van der Waals surface area contributed by atoms with Crippen molar-refractivity contribution in [2.45, 2.75) is 25.3 Å². The summed E-state index contributed by atoms with van der Waals surface area (Å²) in [6.07, 6.45) is 3.30. The molecule has 0 amide bonds. The minimum atomic E-state index is 0.147. The van der Waals surface area contributed by atoms with Crippen LogP contribution in [-0.2, 0) is 6.42 Å². The zero-order valence-electron chi connectivity index (χ0n) is 9.25. The van der Waals surface area contributed by atoms with Crippen molar-refractivity contribution in [3.8, 4) is 11.5 Å². The lowest BCUT2D eigenvalue weighted by molar-refractivity contribution is 0.352. The predicted molar refractivity (Wildman–Crippen MR) is 59.4 cm³/mol. The largest absolute Gasteiger partial charge is 0.493 e. The van der Waals surface area contributed by atoms with Gasteiger partial charge in [0.2, 0.25) is 0 Å². The van der Waals surface area contributed by atoms with E-state index in [1.807, 2.05) is 12.1 Å². The molecule has 2 N–H and O–H groups in total. The van der Waals surface area contributed by atoms with Gasteiger partial charge in [-0.15, -0.1) is 0 Å². The molecule has 0 bridgehead atoms. The third-order valence-electron chi connectivity index (χ3n) is 3.01. The van der Waals surface area contributed by atoms with Gasteiger partial charge in [-0.05, 0) is 42.5 Å². The summed E-state index contributed by atoms with van der Waals surface area (Å²) in [6.45, 7) is 0. The number of methoxy groups -OCH3 is 2. The van der Waals surface area contributed by atoms with E-state index in [2.05, 4.69) is 0 Å². The molecule has 0 spiro atoms. The molecule has 0 heterocycles. The van der Waals surface area contributed by atoms with E-state index in [4.69, 9.17) is 15.2 Å². The van der Waals surface area contributed by atoms with Crippen molar-refractivity contribution >= 4 is 0 Å². The molecule has 1 aliphatic rings. The second-order valence-electron chi connectivity index (χ2n) is 3.90. The Balaban J connectivity index is 2.48. The van der Waals surface area contributed by atoms with E-state index in [-0.39, 0.29) is 6.04 Å². The number of nitrogens with two attached hydrogens (primary N) is 1. The Morgan fingerprint density at radius 2 is 1.87 bits per heavy atom. The fourth-order valence-electron chi connectivity index (χ4n) is 2.17. The Morgan fingerprint density at radius 3 is 2.53 bits per heavy atom. The lowest BCUT2D eigenvalue weighted by Crippen LogP contribution is -2.17. The van der Waals surface area contributed by atoms with Crippen molar-refractivity contribution in [3.05, 3.63) is 23.3 Å². The van der Waals surface area contributed by atoms with Gasteiger partial charge in [0, 0.05) is 6.04 Å². The van der Waals surface area contributed by atoms with Gasteiger partial charge in [0.05, 0.1) is 14.2 Å². The van der Waals surface area contributed by atoms with Gasteiger partial charge in [0.15, 0.2) is 11.5 Å². The van der Waals surface area contributed by atoms with Crippen LogP contribution in [0.15, 0.2) is 12.1 Å². The van der Waals surface area contributed by atoms with Crippen molar-refractivity contribution < 1.29 is 9.47 Å². The standard InChI is InChI=1S/C12H17NO2/c1-14-11-6-8-4-3-5-10(13)9(8)7-12(11)15-2/h6-7,10H,3-5,13H2,1-2H3. The Hall–Kier alpha value is -1.22. The SMILES string of the molecule is COc1cc2c(cc1OC)C(N)CCC2. The van der Waals surface area contributed by atoms with E-state index < -0.39 is 0 Å². The number of fused-ring (bicyclic) bond motifs is 1. The van der Waals surface area contributed by atoms with Crippen LogP contribution in [0.5, 0.6) is 11.5 Å². The fraction of sp³-hybridized carbons (Fsp3) is 0.500. The van der Waals surface area contributed by atoms with E-state index >= 15 is 0 Å². The summed E-state index contributed by atoms with van der Waals surface area (Å²) in [5.41, 5.74) is 8.57. The van der Waals surface area contributed by atoms with Crippen LogP contribution >= 0.6 is 0 Å².